The first-order valence-electron chi connectivity index (χ1n) is 9.70. The van der Waals surface area contributed by atoms with Crippen molar-refractivity contribution in [1.29, 1.82) is 0 Å². The number of aryl methyl sites for hydroxylation is 1. The van der Waals surface area contributed by atoms with Crippen LogP contribution in [0.2, 0.25) is 0 Å². The van der Waals surface area contributed by atoms with Crippen molar-refractivity contribution in [2.45, 2.75) is 38.4 Å². The van der Waals surface area contributed by atoms with Crippen LogP contribution in [0.1, 0.15) is 24.4 Å². The number of aromatic nitrogens is 3. The summed E-state index contributed by atoms with van der Waals surface area (Å²) in [5.41, 5.74) is 2.15. The minimum absolute atomic E-state index is 0.501. The van der Waals surface area contributed by atoms with Gasteiger partial charge in [-0.25, -0.2) is 0 Å². The van der Waals surface area contributed by atoms with Gasteiger partial charge < -0.3 is 13.7 Å². The monoisotopic (exact) mass is 357 g/mol. The molecule has 0 spiro atoms. The maximum Gasteiger partial charge on any atom is 0.264 e. The zero-order chi connectivity index (χ0) is 17.7. The van der Waals surface area contributed by atoms with Crippen LogP contribution in [0.3, 0.4) is 0 Å². The number of hydrogen-bond acceptors (Lipinski definition) is 6. The maximum absolute atomic E-state index is 5.94. The molecule has 7 heteroatoms. The molecule has 26 heavy (non-hydrogen) atoms. The molecule has 0 N–H and O–H groups in total. The lowest BCUT2D eigenvalue weighted by Crippen LogP contribution is -2.62. The summed E-state index contributed by atoms with van der Waals surface area (Å²) >= 11 is 0. The second-order valence-electron chi connectivity index (χ2n) is 7.99. The highest BCUT2D eigenvalue weighted by molar-refractivity contribution is 5.48. The SMILES string of the molecule is Cc1ccc(-c2nnc(CN3CCN4[C@@H](COC[C@@H]4C4CC4)C3)o2)n1C. The van der Waals surface area contributed by atoms with E-state index < -0.39 is 0 Å². The fraction of sp³-hybridized carbons (Fsp3) is 0.684. The van der Waals surface area contributed by atoms with Gasteiger partial charge in [-0.2, -0.15) is 0 Å². The third-order valence-electron chi connectivity index (χ3n) is 6.22. The van der Waals surface area contributed by atoms with Gasteiger partial charge in [0, 0.05) is 44.5 Å². The molecule has 5 rings (SSSR count). The topological polar surface area (TPSA) is 59.6 Å². The van der Waals surface area contributed by atoms with Crippen molar-refractivity contribution in [3.8, 4) is 11.6 Å². The average molecular weight is 357 g/mol. The molecular weight excluding hydrogens is 330 g/mol. The van der Waals surface area contributed by atoms with Crippen LogP contribution in [0.5, 0.6) is 0 Å². The van der Waals surface area contributed by atoms with Crippen molar-refractivity contribution in [1.82, 2.24) is 24.6 Å². The molecule has 0 radical (unpaired) electrons. The second-order valence-corrected chi connectivity index (χ2v) is 7.99. The lowest BCUT2D eigenvalue weighted by Gasteiger charge is -2.48. The molecule has 2 aromatic rings. The first kappa shape index (κ1) is 16.5. The smallest absolute Gasteiger partial charge is 0.264 e. The van der Waals surface area contributed by atoms with Gasteiger partial charge >= 0.3 is 0 Å². The van der Waals surface area contributed by atoms with E-state index in [2.05, 4.69) is 37.6 Å². The molecule has 4 heterocycles. The van der Waals surface area contributed by atoms with Crippen LogP contribution in [-0.4, -0.2) is 69.5 Å². The van der Waals surface area contributed by atoms with Crippen LogP contribution in [0.15, 0.2) is 16.5 Å². The van der Waals surface area contributed by atoms with Crippen LogP contribution in [0.25, 0.3) is 11.6 Å². The van der Waals surface area contributed by atoms with Crippen molar-refractivity contribution in [3.05, 3.63) is 23.7 Å². The van der Waals surface area contributed by atoms with Gasteiger partial charge in [0.05, 0.1) is 19.8 Å². The van der Waals surface area contributed by atoms with Crippen LogP contribution in [0, 0.1) is 12.8 Å². The molecule has 2 aliphatic heterocycles. The highest BCUT2D eigenvalue weighted by Gasteiger charge is 2.42. The van der Waals surface area contributed by atoms with Crippen LogP contribution in [-0.2, 0) is 18.3 Å². The predicted molar refractivity (Wildman–Crippen MR) is 96.5 cm³/mol. The normalized spacial score (nSPS) is 27.6. The van der Waals surface area contributed by atoms with Gasteiger partial charge in [0.25, 0.3) is 5.89 Å². The quantitative estimate of drug-likeness (QED) is 0.830. The molecule has 7 nitrogen and oxygen atoms in total. The largest absolute Gasteiger partial charge is 0.418 e. The minimum Gasteiger partial charge on any atom is -0.418 e. The fourth-order valence-electron chi connectivity index (χ4n) is 4.41. The molecule has 1 saturated carbocycles. The Morgan fingerprint density at radius 1 is 1.15 bits per heavy atom. The highest BCUT2D eigenvalue weighted by Crippen LogP contribution is 2.38. The van der Waals surface area contributed by atoms with E-state index in [1.807, 2.05) is 13.1 Å². The van der Waals surface area contributed by atoms with Gasteiger partial charge in [-0.3, -0.25) is 9.80 Å². The zero-order valence-electron chi connectivity index (χ0n) is 15.6. The van der Waals surface area contributed by atoms with E-state index in [4.69, 9.17) is 9.15 Å². The highest BCUT2D eigenvalue weighted by atomic mass is 16.5. The molecule has 3 fully saturated rings. The summed E-state index contributed by atoms with van der Waals surface area (Å²) < 4.78 is 13.9. The fourth-order valence-corrected chi connectivity index (χ4v) is 4.41. The van der Waals surface area contributed by atoms with E-state index in [0.717, 1.165) is 51.0 Å². The van der Waals surface area contributed by atoms with Gasteiger partial charge in [0.2, 0.25) is 5.89 Å². The summed E-state index contributed by atoms with van der Waals surface area (Å²) in [5.74, 6) is 2.17. The Morgan fingerprint density at radius 3 is 2.81 bits per heavy atom. The van der Waals surface area contributed by atoms with Gasteiger partial charge in [0.1, 0.15) is 5.69 Å². The number of rotatable bonds is 4. The summed E-state index contributed by atoms with van der Waals surface area (Å²) in [5, 5.41) is 8.53. The number of nitrogens with zero attached hydrogens (tertiary/aromatic N) is 5. The predicted octanol–water partition coefficient (Wildman–Crippen LogP) is 1.68. The summed E-state index contributed by atoms with van der Waals surface area (Å²) in [6.07, 6.45) is 2.76. The molecule has 3 aliphatic rings. The van der Waals surface area contributed by atoms with Gasteiger partial charge in [0.15, 0.2) is 0 Å². The molecule has 2 aromatic heterocycles. The number of ether oxygens (including phenoxy) is 1. The maximum atomic E-state index is 5.94. The molecule has 0 unspecified atom stereocenters. The van der Waals surface area contributed by atoms with E-state index >= 15 is 0 Å². The Bertz CT molecular complexity index is 781. The van der Waals surface area contributed by atoms with E-state index in [0.29, 0.717) is 23.9 Å². The lowest BCUT2D eigenvalue weighted by molar-refractivity contribution is -0.0888. The van der Waals surface area contributed by atoms with Crippen molar-refractivity contribution < 1.29 is 9.15 Å². The Kier molecular flexibility index (Phi) is 4.10. The van der Waals surface area contributed by atoms with Gasteiger partial charge in [-0.15, -0.1) is 10.2 Å². The number of morpholine rings is 1. The van der Waals surface area contributed by atoms with Gasteiger partial charge in [-0.05, 0) is 37.8 Å². The number of fused-ring (bicyclic) bond motifs is 1. The zero-order valence-corrected chi connectivity index (χ0v) is 15.6. The number of hydrogen-bond donors (Lipinski definition) is 0. The Morgan fingerprint density at radius 2 is 2.04 bits per heavy atom. The van der Waals surface area contributed by atoms with E-state index in [1.54, 1.807) is 0 Å². The molecule has 2 saturated heterocycles. The van der Waals surface area contributed by atoms with Crippen molar-refractivity contribution in [2.24, 2.45) is 13.0 Å². The third kappa shape index (κ3) is 2.98. The molecule has 1 aliphatic carbocycles. The summed E-state index contributed by atoms with van der Waals surface area (Å²) in [6.45, 7) is 7.75. The first-order chi connectivity index (χ1) is 12.7. The Labute approximate surface area is 153 Å². The summed E-state index contributed by atoms with van der Waals surface area (Å²) in [4.78, 5) is 5.12. The minimum atomic E-state index is 0.501. The molecule has 0 amide bonds. The molecule has 2 atom stereocenters. The van der Waals surface area contributed by atoms with Crippen molar-refractivity contribution in [2.75, 3.05) is 32.8 Å². The van der Waals surface area contributed by atoms with Crippen molar-refractivity contribution in [3.63, 3.8) is 0 Å². The Hall–Kier alpha value is -1.70. The standard InChI is InChI=1S/C19H27N5O2/c1-13-3-6-16(22(13)2)19-21-20-18(26-19)10-23-7-8-24-15(9-23)11-25-12-17(24)14-4-5-14/h3,6,14-15,17H,4-5,7-12H2,1-2H3/t15-,17-/m1/s1. The van der Waals surface area contributed by atoms with E-state index in [-0.39, 0.29) is 0 Å². The second kappa shape index (κ2) is 6.48. The molecule has 0 bridgehead atoms. The third-order valence-corrected chi connectivity index (χ3v) is 6.22. The van der Waals surface area contributed by atoms with Gasteiger partial charge in [-0.1, -0.05) is 0 Å². The van der Waals surface area contributed by atoms with Crippen LogP contribution < -0.4 is 0 Å². The molecular formula is C19H27N5O2. The van der Waals surface area contributed by atoms with E-state index in [9.17, 15) is 0 Å². The Balaban J connectivity index is 1.24. The first-order valence-corrected chi connectivity index (χ1v) is 9.70. The van der Waals surface area contributed by atoms with Crippen LogP contribution in [0.4, 0.5) is 0 Å². The summed E-state index contributed by atoms with van der Waals surface area (Å²) in [6, 6.07) is 5.24. The number of piperazine rings is 1. The van der Waals surface area contributed by atoms with Crippen molar-refractivity contribution >= 4 is 0 Å². The van der Waals surface area contributed by atoms with E-state index in [1.165, 1.54) is 18.5 Å². The summed E-state index contributed by atoms with van der Waals surface area (Å²) in [7, 11) is 2.02. The van der Waals surface area contributed by atoms with Crippen LogP contribution >= 0.6 is 0 Å². The average Bonchev–Trinajstić information content (AvgIpc) is 3.32. The molecule has 0 aromatic carbocycles. The lowest BCUT2D eigenvalue weighted by atomic mass is 10.0. The molecule has 140 valence electrons.